The number of fused-ring (bicyclic) bond motifs is 1. The highest BCUT2D eigenvalue weighted by Crippen LogP contribution is 2.39. The van der Waals surface area contributed by atoms with E-state index in [1.807, 2.05) is 6.07 Å². The molecule has 1 unspecified atom stereocenters. The molecule has 3 aromatic rings. The van der Waals surface area contributed by atoms with Gasteiger partial charge < -0.3 is 28.4 Å². The Balaban J connectivity index is 1.52. The van der Waals surface area contributed by atoms with Gasteiger partial charge in [-0.25, -0.2) is 10.2 Å². The van der Waals surface area contributed by atoms with Gasteiger partial charge in [-0.1, -0.05) is 28.1 Å². The van der Waals surface area contributed by atoms with Crippen LogP contribution in [-0.4, -0.2) is 52.1 Å². The van der Waals surface area contributed by atoms with Gasteiger partial charge in [0.15, 0.2) is 28.7 Å². The predicted octanol–water partition coefficient (Wildman–Crippen LogP) is 4.75. The average Bonchev–Trinajstić information content (AvgIpc) is 2.93. The van der Waals surface area contributed by atoms with Crippen LogP contribution < -0.4 is 33.8 Å². The second-order valence-electron chi connectivity index (χ2n) is 7.71. The molecule has 12 heteroatoms. The number of amides is 1. The molecule has 38 heavy (non-hydrogen) atoms. The van der Waals surface area contributed by atoms with Gasteiger partial charge in [0, 0.05) is 10.0 Å². The number of para-hydroxylation sites is 2. The van der Waals surface area contributed by atoms with Gasteiger partial charge in [-0.2, -0.15) is 5.10 Å². The van der Waals surface area contributed by atoms with E-state index in [0.717, 1.165) is 0 Å². The maximum atomic E-state index is 13.1. The van der Waals surface area contributed by atoms with Crippen molar-refractivity contribution in [3.63, 3.8) is 0 Å². The number of methoxy groups -OCH3 is 3. The van der Waals surface area contributed by atoms with Crippen molar-refractivity contribution < 1.29 is 38.0 Å². The number of carbonyl (C=O) groups is 2. The molecule has 1 aliphatic rings. The third-order valence-electron chi connectivity index (χ3n) is 5.31. The monoisotopic (exact) mass is 648 g/mol. The molecule has 198 valence electrons. The number of rotatable bonds is 8. The smallest absolute Gasteiger partial charge is 0.343 e. The van der Waals surface area contributed by atoms with E-state index in [1.54, 1.807) is 30.3 Å². The molecule has 1 heterocycles. The van der Waals surface area contributed by atoms with Gasteiger partial charge in [-0.05, 0) is 52.3 Å². The molecule has 1 amide bonds. The fourth-order valence-electron chi connectivity index (χ4n) is 3.52. The molecule has 10 nitrogen and oxygen atoms in total. The van der Waals surface area contributed by atoms with Crippen molar-refractivity contribution in [3.05, 3.63) is 68.6 Å². The first kappa shape index (κ1) is 27.3. The van der Waals surface area contributed by atoms with Crippen LogP contribution in [0.4, 0.5) is 0 Å². The number of hydrogen-bond acceptors (Lipinski definition) is 9. The lowest BCUT2D eigenvalue weighted by Crippen LogP contribution is -2.42. The third-order valence-corrected chi connectivity index (χ3v) is 6.36. The maximum absolute atomic E-state index is 13.1. The summed E-state index contributed by atoms with van der Waals surface area (Å²) in [5, 5.41) is 4.02. The van der Waals surface area contributed by atoms with Crippen LogP contribution in [-0.2, 0) is 4.79 Å². The first-order valence-electron chi connectivity index (χ1n) is 11.1. The molecule has 0 saturated heterocycles. The van der Waals surface area contributed by atoms with Crippen molar-refractivity contribution in [1.29, 1.82) is 0 Å². The number of carbonyl (C=O) groups excluding carboxylic acids is 2. The average molecular weight is 650 g/mol. The Morgan fingerprint density at radius 1 is 0.974 bits per heavy atom. The first-order chi connectivity index (χ1) is 18.3. The van der Waals surface area contributed by atoms with Crippen molar-refractivity contribution in [1.82, 2.24) is 5.43 Å². The molecule has 3 aromatic carbocycles. The van der Waals surface area contributed by atoms with Crippen LogP contribution in [0.25, 0.3) is 0 Å². The van der Waals surface area contributed by atoms with E-state index in [9.17, 15) is 9.59 Å². The molecule has 1 atom stereocenters. The van der Waals surface area contributed by atoms with Gasteiger partial charge in [0.2, 0.25) is 11.9 Å². The van der Waals surface area contributed by atoms with Crippen LogP contribution in [0.5, 0.6) is 34.5 Å². The lowest BCUT2D eigenvalue weighted by atomic mass is 10.1. The first-order valence-corrected chi connectivity index (χ1v) is 12.7. The highest BCUT2D eigenvalue weighted by Gasteiger charge is 2.27. The van der Waals surface area contributed by atoms with Crippen LogP contribution in [0.1, 0.15) is 15.9 Å². The third kappa shape index (κ3) is 6.03. The Bertz CT molecular complexity index is 1370. The van der Waals surface area contributed by atoms with Crippen LogP contribution in [0.3, 0.4) is 0 Å². The molecule has 0 fully saturated rings. The minimum atomic E-state index is -0.881. The molecule has 0 bridgehead atoms. The Labute approximate surface area is 235 Å². The Kier molecular flexibility index (Phi) is 8.74. The molecule has 4 rings (SSSR count). The second kappa shape index (κ2) is 12.2. The van der Waals surface area contributed by atoms with Gasteiger partial charge in [-0.15, -0.1) is 0 Å². The fraction of sp³-hybridized carbons (Fsp3) is 0.192. The lowest BCUT2D eigenvalue weighted by Gasteiger charge is -2.24. The molecule has 0 aromatic heterocycles. The summed E-state index contributed by atoms with van der Waals surface area (Å²) in [5.74, 6) is 0.979. The minimum absolute atomic E-state index is 0.0401. The summed E-state index contributed by atoms with van der Waals surface area (Å²) >= 11 is 6.82. The number of hydrogen-bond donors (Lipinski definition) is 1. The summed E-state index contributed by atoms with van der Waals surface area (Å²) in [6, 6.07) is 13.4. The Hall–Kier alpha value is -3.77. The summed E-state index contributed by atoms with van der Waals surface area (Å²) in [4.78, 5) is 25.7. The van der Waals surface area contributed by atoms with E-state index in [4.69, 9.17) is 28.4 Å². The molecular formula is C26H22Br2N2O8. The van der Waals surface area contributed by atoms with E-state index in [2.05, 4.69) is 42.4 Å². The number of hydrazone groups is 1. The van der Waals surface area contributed by atoms with E-state index >= 15 is 0 Å². The minimum Gasteiger partial charge on any atom is -0.493 e. The normalized spacial score (nSPS) is 14.1. The molecular weight excluding hydrogens is 628 g/mol. The SMILES string of the molecule is COc1cc(C(=O)Oc2c(Br)cc(Br)cc2C=NNC(=O)C2COc3ccccc3O2)cc(OC)c1OC. The Morgan fingerprint density at radius 2 is 1.66 bits per heavy atom. The topological polar surface area (TPSA) is 114 Å². The number of nitrogens with zero attached hydrogens (tertiary/aromatic N) is 1. The fourth-order valence-corrected chi connectivity index (χ4v) is 4.86. The molecule has 0 saturated carbocycles. The van der Waals surface area contributed by atoms with Gasteiger partial charge >= 0.3 is 5.97 Å². The Morgan fingerprint density at radius 3 is 2.32 bits per heavy atom. The van der Waals surface area contributed by atoms with E-state index in [-0.39, 0.29) is 17.9 Å². The van der Waals surface area contributed by atoms with Gasteiger partial charge in [-0.3, -0.25) is 4.79 Å². The van der Waals surface area contributed by atoms with Gasteiger partial charge in [0.05, 0.1) is 37.6 Å². The van der Waals surface area contributed by atoms with Crippen molar-refractivity contribution >= 4 is 50.0 Å². The summed E-state index contributed by atoms with van der Waals surface area (Å²) < 4.78 is 34.1. The van der Waals surface area contributed by atoms with E-state index in [1.165, 1.54) is 39.7 Å². The molecule has 1 N–H and O–H groups in total. The number of esters is 1. The van der Waals surface area contributed by atoms with Crippen molar-refractivity contribution in [2.24, 2.45) is 5.10 Å². The van der Waals surface area contributed by atoms with Crippen molar-refractivity contribution in [3.8, 4) is 34.5 Å². The zero-order chi connectivity index (χ0) is 27.2. The number of nitrogens with one attached hydrogen (secondary N) is 1. The number of benzene rings is 3. The summed E-state index contributed by atoms with van der Waals surface area (Å²) in [6.45, 7) is 0.0401. The summed E-state index contributed by atoms with van der Waals surface area (Å²) in [5.41, 5.74) is 3.00. The second-order valence-corrected chi connectivity index (χ2v) is 9.48. The van der Waals surface area contributed by atoms with Crippen LogP contribution in [0, 0.1) is 0 Å². The van der Waals surface area contributed by atoms with Crippen molar-refractivity contribution in [2.75, 3.05) is 27.9 Å². The van der Waals surface area contributed by atoms with Crippen molar-refractivity contribution in [2.45, 2.75) is 6.10 Å². The summed E-state index contributed by atoms with van der Waals surface area (Å²) in [7, 11) is 4.36. The molecule has 0 aliphatic carbocycles. The zero-order valence-corrected chi connectivity index (χ0v) is 23.6. The zero-order valence-electron chi connectivity index (χ0n) is 20.4. The van der Waals surface area contributed by atoms with E-state index < -0.39 is 18.0 Å². The van der Waals surface area contributed by atoms with Gasteiger partial charge in [0.25, 0.3) is 5.91 Å². The molecule has 1 aliphatic heterocycles. The lowest BCUT2D eigenvalue weighted by molar-refractivity contribution is -0.130. The highest BCUT2D eigenvalue weighted by atomic mass is 79.9. The van der Waals surface area contributed by atoms with Crippen LogP contribution in [0.15, 0.2) is 62.6 Å². The number of ether oxygens (including phenoxy) is 6. The number of halogens is 2. The largest absolute Gasteiger partial charge is 0.493 e. The van der Waals surface area contributed by atoms with Crippen LogP contribution in [0.2, 0.25) is 0 Å². The predicted molar refractivity (Wildman–Crippen MR) is 145 cm³/mol. The molecule has 0 spiro atoms. The van der Waals surface area contributed by atoms with Gasteiger partial charge in [0.1, 0.15) is 6.61 Å². The quantitative estimate of drug-likeness (QED) is 0.161. The van der Waals surface area contributed by atoms with Crippen LogP contribution >= 0.6 is 31.9 Å². The van der Waals surface area contributed by atoms with E-state index in [0.29, 0.717) is 43.3 Å². The maximum Gasteiger partial charge on any atom is 0.343 e. The summed E-state index contributed by atoms with van der Waals surface area (Å²) in [6.07, 6.45) is 0.469. The highest BCUT2D eigenvalue weighted by molar-refractivity contribution is 9.11. The standard InChI is InChI=1S/C26H22Br2N2O8/c1-33-20-9-14(10-21(34-2)24(20)35-3)26(32)38-23-15(8-16(27)11-17(23)28)12-29-30-25(31)22-13-36-18-6-4-5-7-19(18)37-22/h4-12,22H,13H2,1-3H3,(H,30,31). The molecule has 0 radical (unpaired) electrons.